The first-order chi connectivity index (χ1) is 11.5. The molecule has 4 nitrogen and oxygen atoms in total. The third-order valence-electron chi connectivity index (χ3n) is 7.31. The summed E-state index contributed by atoms with van der Waals surface area (Å²) < 4.78 is 0. The topological polar surface area (TPSA) is 44.4 Å². The average Bonchev–Trinajstić information content (AvgIpc) is 2.95. The van der Waals surface area contributed by atoms with Crippen molar-refractivity contribution in [1.29, 1.82) is 0 Å². The molecule has 136 valence electrons. The number of nitrogens with zero attached hydrogens (tertiary/aromatic N) is 1. The first-order valence-electron chi connectivity index (χ1n) is 10.3. The number of amides is 1. The van der Waals surface area contributed by atoms with Gasteiger partial charge in [-0.1, -0.05) is 0 Å². The van der Waals surface area contributed by atoms with Gasteiger partial charge < -0.3 is 10.6 Å². The van der Waals surface area contributed by atoms with Crippen molar-refractivity contribution >= 4 is 5.91 Å². The Morgan fingerprint density at radius 3 is 2.21 bits per heavy atom. The maximum Gasteiger partial charge on any atom is 0.237 e. The summed E-state index contributed by atoms with van der Waals surface area (Å²) in [6.45, 7) is 8.21. The minimum absolute atomic E-state index is 0.0549. The zero-order chi connectivity index (χ0) is 16.8. The first kappa shape index (κ1) is 16.8. The first-order valence-corrected chi connectivity index (χ1v) is 10.3. The Labute approximate surface area is 147 Å². The van der Waals surface area contributed by atoms with Crippen LogP contribution in [0.1, 0.15) is 59.3 Å². The van der Waals surface area contributed by atoms with E-state index < -0.39 is 0 Å². The van der Waals surface area contributed by atoms with Crippen molar-refractivity contribution in [2.75, 3.05) is 13.1 Å². The van der Waals surface area contributed by atoms with E-state index in [4.69, 9.17) is 0 Å². The van der Waals surface area contributed by atoms with Gasteiger partial charge in [-0.2, -0.15) is 0 Å². The van der Waals surface area contributed by atoms with Crippen molar-refractivity contribution in [2.24, 2.45) is 23.7 Å². The lowest BCUT2D eigenvalue weighted by Gasteiger charge is -2.55. The molecule has 24 heavy (non-hydrogen) atoms. The number of rotatable bonds is 5. The molecule has 1 heterocycles. The molecule has 0 aromatic heterocycles. The van der Waals surface area contributed by atoms with Gasteiger partial charge in [0.1, 0.15) is 0 Å². The zero-order valence-electron chi connectivity index (χ0n) is 15.6. The number of nitrogens with one attached hydrogen (secondary N) is 2. The van der Waals surface area contributed by atoms with Crippen LogP contribution in [0.3, 0.4) is 0 Å². The van der Waals surface area contributed by atoms with Gasteiger partial charge in [0.05, 0.1) is 6.04 Å². The molecular formula is C20H35N3O. The summed E-state index contributed by atoms with van der Waals surface area (Å²) in [5, 5.41) is 7.09. The highest BCUT2D eigenvalue weighted by Crippen LogP contribution is 2.53. The molecule has 0 aromatic rings. The van der Waals surface area contributed by atoms with Gasteiger partial charge in [-0.25, -0.2) is 0 Å². The molecule has 0 aromatic carbocycles. The van der Waals surface area contributed by atoms with Crippen LogP contribution >= 0.6 is 0 Å². The van der Waals surface area contributed by atoms with Gasteiger partial charge in [0.25, 0.3) is 0 Å². The molecule has 4 bridgehead atoms. The molecule has 1 saturated heterocycles. The van der Waals surface area contributed by atoms with Crippen LogP contribution in [0.2, 0.25) is 0 Å². The maximum atomic E-state index is 12.5. The van der Waals surface area contributed by atoms with Crippen LogP contribution in [-0.4, -0.2) is 48.1 Å². The van der Waals surface area contributed by atoms with Crippen LogP contribution in [0.25, 0.3) is 0 Å². The lowest BCUT2D eigenvalue weighted by atomic mass is 9.54. The maximum absolute atomic E-state index is 12.5. The monoisotopic (exact) mass is 333 g/mol. The van der Waals surface area contributed by atoms with Crippen LogP contribution in [0.15, 0.2) is 0 Å². The van der Waals surface area contributed by atoms with E-state index in [2.05, 4.69) is 29.4 Å². The highest BCUT2D eigenvalue weighted by Gasteiger charge is 2.49. The third-order valence-corrected chi connectivity index (χ3v) is 7.31. The fourth-order valence-electron chi connectivity index (χ4n) is 6.57. The lowest BCUT2D eigenvalue weighted by molar-refractivity contribution is -0.125. The van der Waals surface area contributed by atoms with Crippen molar-refractivity contribution in [1.82, 2.24) is 15.5 Å². The summed E-state index contributed by atoms with van der Waals surface area (Å²) in [6, 6.07) is 1.70. The van der Waals surface area contributed by atoms with Gasteiger partial charge in [0.2, 0.25) is 5.91 Å². The normalized spacial score (nSPS) is 44.4. The largest absolute Gasteiger partial charge is 0.355 e. The predicted molar refractivity (Wildman–Crippen MR) is 96.7 cm³/mol. The fourth-order valence-corrected chi connectivity index (χ4v) is 6.57. The standard InChI is InChI=1S/C20H35N3O/c1-4-21-20(24)18-10-17(11-23(18)12(2)3)22-19-15-6-13-5-14(8-15)9-16(19)7-13/h12-19,22H,4-11H2,1-3H3,(H,21,24)/t13?,14?,15?,16?,17-,18-,19?/m0/s1. The van der Waals surface area contributed by atoms with Crippen molar-refractivity contribution in [2.45, 2.75) is 83.5 Å². The Bertz CT molecular complexity index is 450. The smallest absolute Gasteiger partial charge is 0.237 e. The lowest BCUT2D eigenvalue weighted by Crippen LogP contribution is -2.57. The van der Waals surface area contributed by atoms with Crippen LogP contribution in [-0.2, 0) is 4.79 Å². The van der Waals surface area contributed by atoms with Crippen LogP contribution in [0, 0.1) is 23.7 Å². The second-order valence-corrected chi connectivity index (χ2v) is 9.26. The molecule has 5 fully saturated rings. The number of carbonyl (C=O) groups is 1. The number of hydrogen-bond acceptors (Lipinski definition) is 3. The molecule has 4 aliphatic carbocycles. The summed E-state index contributed by atoms with van der Waals surface area (Å²) in [5.41, 5.74) is 0. The molecular weight excluding hydrogens is 298 g/mol. The Morgan fingerprint density at radius 2 is 1.67 bits per heavy atom. The van der Waals surface area contributed by atoms with Crippen molar-refractivity contribution in [3.05, 3.63) is 0 Å². The molecule has 5 rings (SSSR count). The van der Waals surface area contributed by atoms with Crippen LogP contribution < -0.4 is 10.6 Å². The predicted octanol–water partition coefficient (Wildman–Crippen LogP) is 2.39. The fraction of sp³-hybridized carbons (Fsp3) is 0.950. The summed E-state index contributed by atoms with van der Waals surface area (Å²) in [7, 11) is 0. The van der Waals surface area contributed by atoms with E-state index in [-0.39, 0.29) is 11.9 Å². The molecule has 5 aliphatic rings. The Hall–Kier alpha value is -0.610. The van der Waals surface area contributed by atoms with Crippen molar-refractivity contribution in [3.63, 3.8) is 0 Å². The number of likely N-dealkylation sites (tertiary alicyclic amines) is 1. The molecule has 2 N–H and O–H groups in total. The van der Waals surface area contributed by atoms with E-state index in [1.807, 2.05) is 6.92 Å². The minimum Gasteiger partial charge on any atom is -0.355 e. The molecule has 4 heteroatoms. The molecule has 1 aliphatic heterocycles. The van der Waals surface area contributed by atoms with Gasteiger partial charge in [-0.3, -0.25) is 9.69 Å². The highest BCUT2D eigenvalue weighted by atomic mass is 16.2. The zero-order valence-corrected chi connectivity index (χ0v) is 15.6. The molecule has 0 unspecified atom stereocenters. The summed E-state index contributed by atoms with van der Waals surface area (Å²) in [5.74, 6) is 4.11. The summed E-state index contributed by atoms with van der Waals surface area (Å²) in [4.78, 5) is 14.9. The van der Waals surface area contributed by atoms with E-state index in [1.54, 1.807) is 0 Å². The van der Waals surface area contributed by atoms with Gasteiger partial charge in [0, 0.05) is 31.2 Å². The number of likely N-dealkylation sites (N-methyl/N-ethyl adjacent to an activating group) is 1. The third kappa shape index (κ3) is 3.01. The van der Waals surface area contributed by atoms with E-state index in [9.17, 15) is 4.79 Å². The second-order valence-electron chi connectivity index (χ2n) is 9.26. The van der Waals surface area contributed by atoms with E-state index in [0.29, 0.717) is 12.1 Å². The quantitative estimate of drug-likeness (QED) is 0.812. The molecule has 1 amide bonds. The molecule has 0 spiro atoms. The van der Waals surface area contributed by atoms with Gasteiger partial charge >= 0.3 is 0 Å². The second kappa shape index (κ2) is 6.60. The van der Waals surface area contributed by atoms with Gasteiger partial charge in [0.15, 0.2) is 0 Å². The number of hydrogen-bond donors (Lipinski definition) is 2. The Kier molecular flexibility index (Phi) is 4.63. The van der Waals surface area contributed by atoms with Gasteiger partial charge in [-0.15, -0.1) is 0 Å². The minimum atomic E-state index is 0.0549. The van der Waals surface area contributed by atoms with Crippen LogP contribution in [0.5, 0.6) is 0 Å². The SMILES string of the molecule is CCNC(=O)[C@@H]1C[C@H](NC2C3CC4CC(C3)CC2C4)CN1C(C)C. The summed E-state index contributed by atoms with van der Waals surface area (Å²) >= 11 is 0. The molecule has 2 atom stereocenters. The Morgan fingerprint density at radius 1 is 1.04 bits per heavy atom. The molecule has 0 radical (unpaired) electrons. The van der Waals surface area contributed by atoms with E-state index in [0.717, 1.165) is 49.2 Å². The van der Waals surface area contributed by atoms with Crippen LogP contribution in [0.4, 0.5) is 0 Å². The van der Waals surface area contributed by atoms with Crippen molar-refractivity contribution < 1.29 is 4.79 Å². The average molecular weight is 334 g/mol. The van der Waals surface area contributed by atoms with Crippen molar-refractivity contribution in [3.8, 4) is 0 Å². The number of carbonyl (C=O) groups excluding carboxylic acids is 1. The summed E-state index contributed by atoms with van der Waals surface area (Å²) in [6.07, 6.45) is 8.35. The molecule has 4 saturated carbocycles. The Balaban J connectivity index is 1.41. The van der Waals surface area contributed by atoms with E-state index >= 15 is 0 Å². The van der Waals surface area contributed by atoms with E-state index in [1.165, 1.54) is 32.1 Å². The van der Waals surface area contributed by atoms with Gasteiger partial charge in [-0.05, 0) is 83.0 Å². The highest BCUT2D eigenvalue weighted by molar-refractivity contribution is 5.82.